The summed E-state index contributed by atoms with van der Waals surface area (Å²) in [6.45, 7) is 5.96. The van der Waals surface area contributed by atoms with Crippen molar-refractivity contribution in [2.75, 3.05) is 5.73 Å². The molecule has 1 atom stereocenters. The van der Waals surface area contributed by atoms with Crippen molar-refractivity contribution in [1.82, 2.24) is 15.3 Å². The molecule has 1 aromatic carbocycles. The fraction of sp³-hybridized carbons (Fsp3) is 0.389. The molecule has 2 rings (SSSR count). The van der Waals surface area contributed by atoms with Gasteiger partial charge in [-0.2, -0.15) is 0 Å². The summed E-state index contributed by atoms with van der Waals surface area (Å²) in [5, 5.41) is 2.90. The van der Waals surface area contributed by atoms with Crippen molar-refractivity contribution < 1.29 is 9.53 Å². The van der Waals surface area contributed by atoms with Gasteiger partial charge in [-0.3, -0.25) is 4.79 Å². The maximum absolute atomic E-state index is 12.1. The molecule has 1 amide bonds. The van der Waals surface area contributed by atoms with Gasteiger partial charge in [0.1, 0.15) is 5.75 Å². The van der Waals surface area contributed by atoms with Gasteiger partial charge in [0.05, 0.1) is 6.10 Å². The van der Waals surface area contributed by atoms with E-state index in [1.165, 1.54) is 18.0 Å². The molecule has 1 aromatic heterocycles. The van der Waals surface area contributed by atoms with Crippen LogP contribution in [0.4, 0.5) is 5.82 Å². The van der Waals surface area contributed by atoms with Crippen LogP contribution in [0.1, 0.15) is 43.2 Å². The first-order chi connectivity index (χ1) is 11.5. The van der Waals surface area contributed by atoms with Gasteiger partial charge in [0.25, 0.3) is 5.91 Å². The Bertz CT molecular complexity index is 671. The van der Waals surface area contributed by atoms with E-state index in [-0.39, 0.29) is 29.6 Å². The minimum Gasteiger partial charge on any atom is -0.491 e. The number of amides is 1. The normalized spacial score (nSPS) is 12.0. The topological polar surface area (TPSA) is 90.1 Å². The largest absolute Gasteiger partial charge is 0.491 e. The number of anilines is 1. The highest BCUT2D eigenvalue weighted by Crippen LogP contribution is 2.15. The van der Waals surface area contributed by atoms with E-state index in [0.29, 0.717) is 0 Å². The number of nitrogen functional groups attached to an aromatic ring is 1. The molecule has 0 aliphatic rings. The Labute approximate surface area is 142 Å². The third kappa shape index (κ3) is 5.22. The first kappa shape index (κ1) is 17.7. The minimum atomic E-state index is -0.297. The maximum atomic E-state index is 12.1. The molecular weight excluding hydrogens is 304 g/mol. The van der Waals surface area contributed by atoms with E-state index in [1.807, 2.05) is 45.0 Å². The van der Waals surface area contributed by atoms with Crippen LogP contribution in [0.25, 0.3) is 0 Å². The fourth-order valence-corrected chi connectivity index (χ4v) is 2.28. The van der Waals surface area contributed by atoms with Crippen molar-refractivity contribution in [3.05, 3.63) is 47.9 Å². The van der Waals surface area contributed by atoms with Gasteiger partial charge in [0.2, 0.25) is 0 Å². The molecule has 0 saturated heterocycles. The molecule has 24 heavy (non-hydrogen) atoms. The third-order valence-electron chi connectivity index (χ3n) is 3.48. The van der Waals surface area contributed by atoms with Crippen molar-refractivity contribution in [3.63, 3.8) is 0 Å². The zero-order valence-corrected chi connectivity index (χ0v) is 14.3. The van der Waals surface area contributed by atoms with Crippen LogP contribution in [0.5, 0.6) is 5.75 Å². The van der Waals surface area contributed by atoms with Crippen LogP contribution in [0.3, 0.4) is 0 Å². The summed E-state index contributed by atoms with van der Waals surface area (Å²) in [5.41, 5.74) is 7.03. The number of benzene rings is 1. The second-order valence-corrected chi connectivity index (χ2v) is 6.01. The molecule has 6 nitrogen and oxygen atoms in total. The highest BCUT2D eigenvalue weighted by atomic mass is 16.5. The second-order valence-electron chi connectivity index (χ2n) is 6.01. The second kappa shape index (κ2) is 8.29. The first-order valence-electron chi connectivity index (χ1n) is 8.08. The standard InChI is InChI=1S/C18H24N4O2/c1-12(2)24-15-8-6-14(7-9-15)5-4-13(3)22-18(23)16-17(19)21-11-10-20-16/h6-13H,4-5H2,1-3H3,(H2,19,21)(H,22,23)/t13-/m0/s1. The van der Waals surface area contributed by atoms with Crippen molar-refractivity contribution in [3.8, 4) is 5.75 Å². The lowest BCUT2D eigenvalue weighted by atomic mass is 10.1. The van der Waals surface area contributed by atoms with E-state index < -0.39 is 0 Å². The predicted octanol–water partition coefficient (Wildman–Crippen LogP) is 2.60. The molecule has 0 radical (unpaired) electrons. The van der Waals surface area contributed by atoms with E-state index in [2.05, 4.69) is 15.3 Å². The number of nitrogens with two attached hydrogens (primary N) is 1. The number of aromatic nitrogens is 2. The molecule has 0 aliphatic heterocycles. The Balaban J connectivity index is 1.83. The molecule has 0 spiro atoms. The van der Waals surface area contributed by atoms with Crippen molar-refractivity contribution in [1.29, 1.82) is 0 Å². The highest BCUT2D eigenvalue weighted by molar-refractivity contribution is 5.96. The van der Waals surface area contributed by atoms with Gasteiger partial charge in [-0.05, 0) is 51.3 Å². The van der Waals surface area contributed by atoms with Crippen molar-refractivity contribution in [2.45, 2.75) is 45.8 Å². The molecule has 0 unspecified atom stereocenters. The lowest BCUT2D eigenvalue weighted by Crippen LogP contribution is -2.34. The molecule has 6 heteroatoms. The minimum absolute atomic E-state index is 0.00509. The zero-order chi connectivity index (χ0) is 17.5. The Hall–Kier alpha value is -2.63. The van der Waals surface area contributed by atoms with Gasteiger partial charge < -0.3 is 15.8 Å². The Morgan fingerprint density at radius 1 is 1.17 bits per heavy atom. The van der Waals surface area contributed by atoms with Crippen LogP contribution in [0.15, 0.2) is 36.7 Å². The number of aryl methyl sites for hydroxylation is 1. The summed E-state index contributed by atoms with van der Waals surface area (Å²) in [4.78, 5) is 20.0. The van der Waals surface area contributed by atoms with E-state index in [4.69, 9.17) is 10.5 Å². The number of nitrogens with zero attached hydrogens (tertiary/aromatic N) is 2. The van der Waals surface area contributed by atoms with E-state index in [9.17, 15) is 4.79 Å². The van der Waals surface area contributed by atoms with Crippen LogP contribution in [-0.4, -0.2) is 28.0 Å². The fourth-order valence-electron chi connectivity index (χ4n) is 2.28. The van der Waals surface area contributed by atoms with Gasteiger partial charge in [-0.15, -0.1) is 0 Å². The molecule has 3 N–H and O–H groups in total. The molecular formula is C18H24N4O2. The quantitative estimate of drug-likeness (QED) is 0.815. The lowest BCUT2D eigenvalue weighted by Gasteiger charge is -2.14. The Morgan fingerprint density at radius 3 is 2.46 bits per heavy atom. The number of hydrogen-bond donors (Lipinski definition) is 2. The maximum Gasteiger partial charge on any atom is 0.273 e. The SMILES string of the molecule is CC(C)Oc1ccc(CC[C@H](C)NC(=O)c2nccnc2N)cc1. The predicted molar refractivity (Wildman–Crippen MR) is 93.9 cm³/mol. The van der Waals surface area contributed by atoms with Crippen molar-refractivity contribution in [2.24, 2.45) is 0 Å². The van der Waals surface area contributed by atoms with Gasteiger partial charge in [0.15, 0.2) is 11.5 Å². The van der Waals surface area contributed by atoms with Gasteiger partial charge in [-0.1, -0.05) is 12.1 Å². The number of ether oxygens (including phenoxy) is 1. The summed E-state index contributed by atoms with van der Waals surface area (Å²) >= 11 is 0. The average Bonchev–Trinajstić information content (AvgIpc) is 2.54. The molecule has 0 fully saturated rings. The summed E-state index contributed by atoms with van der Waals surface area (Å²) < 4.78 is 5.63. The first-order valence-corrected chi connectivity index (χ1v) is 8.08. The van der Waals surface area contributed by atoms with Crippen molar-refractivity contribution >= 4 is 11.7 Å². The van der Waals surface area contributed by atoms with Crippen LogP contribution < -0.4 is 15.8 Å². The molecule has 1 heterocycles. The van der Waals surface area contributed by atoms with Gasteiger partial charge in [-0.25, -0.2) is 9.97 Å². The average molecular weight is 328 g/mol. The lowest BCUT2D eigenvalue weighted by molar-refractivity contribution is 0.0934. The van der Waals surface area contributed by atoms with Crippen LogP contribution >= 0.6 is 0 Å². The number of rotatable bonds is 7. The summed E-state index contributed by atoms with van der Waals surface area (Å²) in [5.74, 6) is 0.713. The Morgan fingerprint density at radius 2 is 1.83 bits per heavy atom. The number of carbonyl (C=O) groups is 1. The van der Waals surface area contributed by atoms with Crippen LogP contribution in [0.2, 0.25) is 0 Å². The third-order valence-corrected chi connectivity index (χ3v) is 3.48. The smallest absolute Gasteiger partial charge is 0.273 e. The molecule has 0 saturated carbocycles. The highest BCUT2D eigenvalue weighted by Gasteiger charge is 2.14. The van der Waals surface area contributed by atoms with Crippen LogP contribution in [0, 0.1) is 0 Å². The number of hydrogen-bond acceptors (Lipinski definition) is 5. The molecule has 128 valence electrons. The van der Waals surface area contributed by atoms with E-state index >= 15 is 0 Å². The van der Waals surface area contributed by atoms with E-state index in [1.54, 1.807) is 0 Å². The monoisotopic (exact) mass is 328 g/mol. The zero-order valence-electron chi connectivity index (χ0n) is 14.3. The van der Waals surface area contributed by atoms with Crippen LogP contribution in [-0.2, 0) is 6.42 Å². The summed E-state index contributed by atoms with van der Waals surface area (Å²) in [7, 11) is 0. The number of nitrogens with one attached hydrogen (secondary N) is 1. The van der Waals surface area contributed by atoms with Gasteiger partial charge >= 0.3 is 0 Å². The van der Waals surface area contributed by atoms with E-state index in [0.717, 1.165) is 18.6 Å². The molecule has 2 aromatic rings. The summed E-state index contributed by atoms with van der Waals surface area (Å²) in [6.07, 6.45) is 4.76. The molecule has 0 bridgehead atoms. The Kier molecular flexibility index (Phi) is 6.12. The summed E-state index contributed by atoms with van der Waals surface area (Å²) in [6, 6.07) is 8.04. The number of carbonyl (C=O) groups excluding carboxylic acids is 1. The van der Waals surface area contributed by atoms with Gasteiger partial charge in [0, 0.05) is 18.4 Å². The molecule has 0 aliphatic carbocycles.